The van der Waals surface area contributed by atoms with Gasteiger partial charge in [-0.2, -0.15) is 0 Å². The maximum atomic E-state index is 12.4. The molecule has 3 unspecified atom stereocenters. The highest BCUT2D eigenvalue weighted by Gasteiger charge is 2.53. The molecule has 1 aliphatic carbocycles. The molecule has 0 aliphatic heterocycles. The molecule has 1 aliphatic rings. The minimum Gasteiger partial charge on any atom is -0.459 e. The number of amides is 1. The molecule has 0 saturated heterocycles. The zero-order valence-electron chi connectivity index (χ0n) is 13.3. The fourth-order valence-electron chi connectivity index (χ4n) is 3.05. The van der Waals surface area contributed by atoms with Gasteiger partial charge in [0, 0.05) is 16.7 Å². The lowest BCUT2D eigenvalue weighted by molar-refractivity contribution is -0.497. The molecule has 2 aromatic carbocycles. The largest absolute Gasteiger partial charge is 0.459 e. The van der Waals surface area contributed by atoms with Gasteiger partial charge in [-0.25, -0.2) is 0 Å². The lowest BCUT2D eigenvalue weighted by Gasteiger charge is -2.17. The van der Waals surface area contributed by atoms with Crippen LogP contribution < -0.4 is 5.32 Å². The van der Waals surface area contributed by atoms with E-state index in [2.05, 4.69) is 5.32 Å². The topological polar surface area (TPSA) is 85.4 Å². The van der Waals surface area contributed by atoms with Crippen LogP contribution in [0.2, 0.25) is 0 Å². The molecule has 0 radical (unpaired) electrons. The first kappa shape index (κ1) is 15.4. The lowest BCUT2D eigenvalue weighted by atomic mass is 10.0. The van der Waals surface area contributed by atoms with Crippen molar-refractivity contribution in [3.63, 3.8) is 0 Å². The number of nitrogens with zero attached hydrogens (tertiary/aromatic N) is 1. The fraction of sp³-hybridized carbons (Fsp3) is 0.211. The third kappa shape index (κ3) is 2.98. The van der Waals surface area contributed by atoms with Crippen molar-refractivity contribution < 1.29 is 14.1 Å². The van der Waals surface area contributed by atoms with E-state index in [0.29, 0.717) is 12.2 Å². The maximum Gasteiger partial charge on any atom is 0.231 e. The van der Waals surface area contributed by atoms with Crippen LogP contribution in [0.15, 0.2) is 65.1 Å². The number of carbonyl (C=O) groups is 1. The van der Waals surface area contributed by atoms with E-state index in [1.54, 1.807) is 0 Å². The van der Waals surface area contributed by atoms with Crippen molar-refractivity contribution in [1.82, 2.24) is 5.32 Å². The van der Waals surface area contributed by atoms with Crippen molar-refractivity contribution in [3.05, 3.63) is 82.1 Å². The third-order valence-electron chi connectivity index (χ3n) is 4.51. The molecule has 3 aromatic rings. The Morgan fingerprint density at radius 1 is 1.16 bits per heavy atom. The molecule has 1 N–H and O–H groups in total. The Morgan fingerprint density at radius 2 is 1.88 bits per heavy atom. The zero-order chi connectivity index (χ0) is 17.4. The molecule has 1 amide bonds. The molecule has 25 heavy (non-hydrogen) atoms. The highest BCUT2D eigenvalue weighted by atomic mass is 16.6. The average molecular weight is 336 g/mol. The van der Waals surface area contributed by atoms with E-state index in [4.69, 9.17) is 4.42 Å². The summed E-state index contributed by atoms with van der Waals surface area (Å²) in [5.41, 5.74) is 1.61. The summed E-state index contributed by atoms with van der Waals surface area (Å²) in [7, 11) is 0. The normalized spacial score (nSPS) is 20.2. The van der Waals surface area contributed by atoms with Crippen molar-refractivity contribution >= 4 is 16.9 Å². The molecule has 1 fully saturated rings. The molecular weight excluding hydrogens is 320 g/mol. The molecule has 6 nitrogen and oxygen atoms in total. The van der Waals surface area contributed by atoms with Crippen LogP contribution in [0.4, 0.5) is 0 Å². The average Bonchev–Trinajstić information content (AvgIpc) is 3.33. The standard InChI is InChI=1S/C19H16N2O4/c22-19(14-11-15(14)21(23)24)20-18(12-6-2-1-3-7-12)17-10-13-8-4-5-9-16(13)25-17/h1-10,14-15,18H,11H2,(H,20,22). The van der Waals surface area contributed by atoms with E-state index in [-0.39, 0.29) is 10.8 Å². The Bertz CT molecular complexity index is 902. The van der Waals surface area contributed by atoms with Crippen LogP contribution in [-0.2, 0) is 4.79 Å². The number of benzene rings is 2. The van der Waals surface area contributed by atoms with Crippen LogP contribution in [0, 0.1) is 16.0 Å². The molecule has 1 heterocycles. The summed E-state index contributed by atoms with van der Waals surface area (Å²) in [4.78, 5) is 22.9. The number of para-hydroxylation sites is 1. The molecule has 0 spiro atoms. The number of hydrogen-bond donors (Lipinski definition) is 1. The SMILES string of the molecule is O=C(NC(c1ccccc1)c1cc2ccccc2o1)C1CC1[N+](=O)[O-]. The number of nitro groups is 1. The first-order valence-electron chi connectivity index (χ1n) is 8.11. The lowest BCUT2D eigenvalue weighted by Crippen LogP contribution is -2.31. The Balaban J connectivity index is 1.65. The molecule has 1 saturated carbocycles. The number of rotatable bonds is 5. The summed E-state index contributed by atoms with van der Waals surface area (Å²) in [5.74, 6) is -0.263. The first-order valence-corrected chi connectivity index (χ1v) is 8.11. The van der Waals surface area contributed by atoms with E-state index >= 15 is 0 Å². The van der Waals surface area contributed by atoms with Crippen molar-refractivity contribution in [1.29, 1.82) is 0 Å². The minimum absolute atomic E-state index is 0.292. The first-order chi connectivity index (χ1) is 12.1. The Kier molecular flexibility index (Phi) is 3.72. The van der Waals surface area contributed by atoms with Gasteiger partial charge in [-0.3, -0.25) is 14.9 Å². The van der Waals surface area contributed by atoms with Gasteiger partial charge in [0.2, 0.25) is 11.9 Å². The van der Waals surface area contributed by atoms with Gasteiger partial charge in [0.15, 0.2) is 0 Å². The van der Waals surface area contributed by atoms with E-state index < -0.39 is 18.0 Å². The van der Waals surface area contributed by atoms with Crippen LogP contribution in [0.5, 0.6) is 0 Å². The fourth-order valence-corrected chi connectivity index (χ4v) is 3.05. The predicted molar refractivity (Wildman–Crippen MR) is 91.5 cm³/mol. The van der Waals surface area contributed by atoms with Crippen LogP contribution in [0.1, 0.15) is 23.8 Å². The molecule has 1 aromatic heterocycles. The Morgan fingerprint density at radius 3 is 2.56 bits per heavy atom. The maximum absolute atomic E-state index is 12.4. The van der Waals surface area contributed by atoms with Gasteiger partial charge < -0.3 is 9.73 Å². The van der Waals surface area contributed by atoms with Crippen LogP contribution in [0.25, 0.3) is 11.0 Å². The Hall–Kier alpha value is -3.15. The quantitative estimate of drug-likeness (QED) is 0.572. The molecule has 6 heteroatoms. The van der Waals surface area contributed by atoms with Crippen LogP contribution in [-0.4, -0.2) is 16.9 Å². The third-order valence-corrected chi connectivity index (χ3v) is 4.51. The number of fused-ring (bicyclic) bond motifs is 1. The summed E-state index contributed by atoms with van der Waals surface area (Å²) in [6, 6.07) is 17.7. The van der Waals surface area contributed by atoms with E-state index in [9.17, 15) is 14.9 Å². The van der Waals surface area contributed by atoms with Gasteiger partial charge in [0.1, 0.15) is 23.3 Å². The second kappa shape index (κ2) is 6.05. The molecule has 3 atom stereocenters. The second-order valence-corrected chi connectivity index (χ2v) is 6.23. The van der Waals surface area contributed by atoms with Gasteiger partial charge in [0.05, 0.1) is 0 Å². The van der Waals surface area contributed by atoms with Crippen molar-refractivity contribution in [2.24, 2.45) is 5.92 Å². The smallest absolute Gasteiger partial charge is 0.231 e. The molecule has 126 valence electrons. The van der Waals surface area contributed by atoms with E-state index in [0.717, 1.165) is 16.5 Å². The van der Waals surface area contributed by atoms with Gasteiger partial charge in [-0.15, -0.1) is 0 Å². The van der Waals surface area contributed by atoms with Crippen molar-refractivity contribution in [2.45, 2.75) is 18.5 Å². The Labute approximate surface area is 143 Å². The summed E-state index contributed by atoms with van der Waals surface area (Å²) >= 11 is 0. The van der Waals surface area contributed by atoms with Crippen LogP contribution in [0.3, 0.4) is 0 Å². The molecular formula is C19H16N2O4. The number of furan rings is 1. The summed E-state index contributed by atoms with van der Waals surface area (Å²) in [6.45, 7) is 0. The number of carbonyl (C=O) groups excluding carboxylic acids is 1. The highest BCUT2D eigenvalue weighted by molar-refractivity contribution is 5.83. The predicted octanol–water partition coefficient (Wildman–Crippen LogP) is 3.30. The summed E-state index contributed by atoms with van der Waals surface area (Å²) in [6.07, 6.45) is 0.292. The monoisotopic (exact) mass is 336 g/mol. The highest BCUT2D eigenvalue weighted by Crippen LogP contribution is 2.35. The number of hydrogen-bond acceptors (Lipinski definition) is 4. The molecule has 0 bridgehead atoms. The van der Waals surface area contributed by atoms with E-state index in [1.807, 2.05) is 60.7 Å². The summed E-state index contributed by atoms with van der Waals surface area (Å²) in [5, 5.41) is 14.7. The van der Waals surface area contributed by atoms with Crippen molar-refractivity contribution in [3.8, 4) is 0 Å². The van der Waals surface area contributed by atoms with Gasteiger partial charge in [-0.05, 0) is 17.7 Å². The van der Waals surface area contributed by atoms with Gasteiger partial charge in [0.25, 0.3) is 0 Å². The molecule has 4 rings (SSSR count). The minimum atomic E-state index is -0.771. The summed E-state index contributed by atoms with van der Waals surface area (Å²) < 4.78 is 5.91. The zero-order valence-corrected chi connectivity index (χ0v) is 13.3. The number of nitrogens with one attached hydrogen (secondary N) is 1. The van der Waals surface area contributed by atoms with Crippen molar-refractivity contribution in [2.75, 3.05) is 0 Å². The van der Waals surface area contributed by atoms with E-state index in [1.165, 1.54) is 0 Å². The van der Waals surface area contributed by atoms with Gasteiger partial charge >= 0.3 is 0 Å². The van der Waals surface area contributed by atoms with Crippen LogP contribution >= 0.6 is 0 Å². The second-order valence-electron chi connectivity index (χ2n) is 6.23. The van der Waals surface area contributed by atoms with Gasteiger partial charge in [-0.1, -0.05) is 48.5 Å².